The van der Waals surface area contributed by atoms with E-state index < -0.39 is 34.3 Å². The van der Waals surface area contributed by atoms with E-state index in [2.05, 4.69) is 0 Å². The first-order valence-corrected chi connectivity index (χ1v) is 6.13. The largest absolute Gasteiger partial charge is 0.351 e. The first-order chi connectivity index (χ1) is 9.91. The fourth-order valence-electron chi connectivity index (χ4n) is 1.72. The molecule has 0 atom stereocenters. The predicted octanol–water partition coefficient (Wildman–Crippen LogP) is 3.34. The molecule has 4 nitrogen and oxygen atoms in total. The maximum absolute atomic E-state index is 13.9. The van der Waals surface area contributed by atoms with Crippen LogP contribution < -0.4 is 10.6 Å². The van der Waals surface area contributed by atoms with E-state index in [9.17, 15) is 18.4 Å². The van der Waals surface area contributed by atoms with Crippen LogP contribution in [0.15, 0.2) is 42.5 Å². The molecule has 0 saturated carbocycles. The molecule has 0 aromatic heterocycles. The van der Waals surface area contributed by atoms with Gasteiger partial charge in [-0.05, 0) is 18.2 Å². The number of hydrogen-bond donors (Lipinski definition) is 1. The zero-order valence-electron chi connectivity index (χ0n) is 10.5. The monoisotopic (exact) mass is 310 g/mol. The molecule has 0 fully saturated rings. The van der Waals surface area contributed by atoms with Crippen LogP contribution in [-0.4, -0.2) is 11.9 Å². The molecule has 2 N–H and O–H groups in total. The van der Waals surface area contributed by atoms with Crippen LogP contribution in [0.4, 0.5) is 19.3 Å². The van der Waals surface area contributed by atoms with E-state index in [1.165, 1.54) is 12.1 Å². The van der Waals surface area contributed by atoms with Crippen molar-refractivity contribution in [1.82, 2.24) is 0 Å². The first-order valence-electron chi connectivity index (χ1n) is 5.75. The Kier molecular flexibility index (Phi) is 4.18. The predicted molar refractivity (Wildman–Crippen MR) is 74.2 cm³/mol. The van der Waals surface area contributed by atoms with Gasteiger partial charge < -0.3 is 5.73 Å². The van der Waals surface area contributed by atoms with Crippen molar-refractivity contribution in [3.8, 4) is 0 Å². The van der Waals surface area contributed by atoms with Crippen LogP contribution in [0.3, 0.4) is 0 Å². The number of nitrogens with zero attached hydrogens (tertiary/aromatic N) is 1. The lowest BCUT2D eigenvalue weighted by molar-refractivity contribution is 0.0994. The Morgan fingerprint density at radius 1 is 1.05 bits per heavy atom. The minimum Gasteiger partial charge on any atom is -0.351 e. The van der Waals surface area contributed by atoms with Crippen molar-refractivity contribution >= 4 is 29.2 Å². The van der Waals surface area contributed by atoms with Crippen molar-refractivity contribution in [2.75, 3.05) is 4.90 Å². The van der Waals surface area contributed by atoms with Gasteiger partial charge in [0, 0.05) is 11.6 Å². The number of primary amides is 1. The number of nitrogens with two attached hydrogens (primary N) is 1. The van der Waals surface area contributed by atoms with Gasteiger partial charge in [0.2, 0.25) is 0 Å². The van der Waals surface area contributed by atoms with Crippen molar-refractivity contribution in [3.63, 3.8) is 0 Å². The van der Waals surface area contributed by atoms with Crippen molar-refractivity contribution < 1.29 is 18.4 Å². The van der Waals surface area contributed by atoms with Crippen LogP contribution in [0.2, 0.25) is 5.02 Å². The number of rotatable bonds is 2. The summed E-state index contributed by atoms with van der Waals surface area (Å²) < 4.78 is 27.3. The van der Waals surface area contributed by atoms with Crippen molar-refractivity contribution in [2.24, 2.45) is 5.73 Å². The molecule has 3 amide bonds. The summed E-state index contributed by atoms with van der Waals surface area (Å²) in [7, 11) is 0. The lowest BCUT2D eigenvalue weighted by Gasteiger charge is -2.19. The number of amides is 3. The van der Waals surface area contributed by atoms with Crippen LogP contribution in [0, 0.1) is 11.6 Å². The molecule has 0 aliphatic heterocycles. The van der Waals surface area contributed by atoms with Gasteiger partial charge in [-0.25, -0.2) is 18.5 Å². The van der Waals surface area contributed by atoms with Crippen molar-refractivity contribution in [3.05, 3.63) is 64.7 Å². The fraction of sp³-hybridized carbons (Fsp3) is 0. The number of carbonyl (C=O) groups excluding carboxylic acids is 2. The average Bonchev–Trinajstić information content (AvgIpc) is 2.45. The van der Waals surface area contributed by atoms with Crippen LogP contribution in [0.5, 0.6) is 0 Å². The Morgan fingerprint density at radius 2 is 1.67 bits per heavy atom. The van der Waals surface area contributed by atoms with Gasteiger partial charge in [-0.15, -0.1) is 0 Å². The van der Waals surface area contributed by atoms with Gasteiger partial charge in [0.1, 0.15) is 11.6 Å². The molecule has 2 aromatic carbocycles. The van der Waals surface area contributed by atoms with E-state index in [1.54, 1.807) is 18.2 Å². The van der Waals surface area contributed by atoms with Crippen LogP contribution in [-0.2, 0) is 0 Å². The highest BCUT2D eigenvalue weighted by Crippen LogP contribution is 2.27. The summed E-state index contributed by atoms with van der Waals surface area (Å²) in [6, 6.07) is 7.70. The smallest absolute Gasteiger partial charge is 0.326 e. The normalized spacial score (nSPS) is 10.2. The summed E-state index contributed by atoms with van der Waals surface area (Å²) in [5.41, 5.74) is 4.61. The maximum Gasteiger partial charge on any atom is 0.326 e. The average molecular weight is 311 g/mol. The van der Waals surface area contributed by atoms with Gasteiger partial charge >= 0.3 is 6.03 Å². The van der Waals surface area contributed by atoms with E-state index in [0.29, 0.717) is 17.0 Å². The second-order valence-electron chi connectivity index (χ2n) is 4.06. The number of halogens is 3. The van der Waals surface area contributed by atoms with E-state index in [-0.39, 0.29) is 5.56 Å². The molecule has 0 saturated heterocycles. The van der Waals surface area contributed by atoms with Gasteiger partial charge in [0.05, 0.1) is 10.7 Å². The Bertz CT molecular complexity index is 708. The molecular weight excluding hydrogens is 302 g/mol. The third-order valence-corrected chi connectivity index (χ3v) is 2.96. The molecule has 0 aliphatic rings. The quantitative estimate of drug-likeness (QED) is 0.865. The molecule has 2 aromatic rings. The molecule has 2 rings (SSSR count). The summed E-state index contributed by atoms with van der Waals surface area (Å²) in [4.78, 5) is 24.1. The summed E-state index contributed by atoms with van der Waals surface area (Å²) in [5.74, 6) is -2.88. The second kappa shape index (κ2) is 5.88. The molecule has 108 valence electrons. The summed E-state index contributed by atoms with van der Waals surface area (Å²) in [6.45, 7) is 0. The summed E-state index contributed by atoms with van der Waals surface area (Å²) in [5, 5.41) is -0.465. The third-order valence-electron chi connectivity index (χ3n) is 2.67. The standard InChI is InChI=1S/C14H9ClF2N2O2/c15-9-6-11(17)12(7-10(9)16)19(14(18)21)13(20)8-4-2-1-3-5-8/h1-7H,(H2,18,21). The minimum absolute atomic E-state index is 0.103. The number of urea groups is 1. The molecule has 0 spiro atoms. The van der Waals surface area contributed by atoms with Crippen LogP contribution in [0.1, 0.15) is 10.4 Å². The Hall–Kier alpha value is -2.47. The second-order valence-corrected chi connectivity index (χ2v) is 4.47. The zero-order valence-corrected chi connectivity index (χ0v) is 11.3. The highest BCUT2D eigenvalue weighted by Gasteiger charge is 2.26. The van der Waals surface area contributed by atoms with E-state index in [1.807, 2.05) is 0 Å². The molecule has 0 aliphatic carbocycles. The molecule has 0 unspecified atom stereocenters. The summed E-state index contributed by atoms with van der Waals surface area (Å²) in [6.07, 6.45) is 0. The molecular formula is C14H9ClF2N2O2. The Balaban J connectivity index is 2.53. The first kappa shape index (κ1) is 14.9. The third kappa shape index (κ3) is 3.00. The van der Waals surface area contributed by atoms with Gasteiger partial charge in [-0.3, -0.25) is 4.79 Å². The Morgan fingerprint density at radius 3 is 2.24 bits per heavy atom. The summed E-state index contributed by atoms with van der Waals surface area (Å²) >= 11 is 5.43. The number of anilines is 1. The lowest BCUT2D eigenvalue weighted by Crippen LogP contribution is -2.41. The van der Waals surface area contributed by atoms with Gasteiger partial charge in [-0.2, -0.15) is 0 Å². The molecule has 7 heteroatoms. The van der Waals surface area contributed by atoms with Gasteiger partial charge in [0.15, 0.2) is 0 Å². The highest BCUT2D eigenvalue weighted by atomic mass is 35.5. The zero-order chi connectivity index (χ0) is 15.6. The van der Waals surface area contributed by atoms with Crippen molar-refractivity contribution in [1.29, 1.82) is 0 Å². The highest BCUT2D eigenvalue weighted by molar-refractivity contribution is 6.31. The number of imide groups is 1. The minimum atomic E-state index is -1.23. The number of carbonyl (C=O) groups is 2. The number of hydrogen-bond acceptors (Lipinski definition) is 2. The molecule has 0 heterocycles. The van der Waals surface area contributed by atoms with Gasteiger partial charge in [-0.1, -0.05) is 29.8 Å². The van der Waals surface area contributed by atoms with Crippen molar-refractivity contribution in [2.45, 2.75) is 0 Å². The SMILES string of the molecule is NC(=O)N(C(=O)c1ccccc1)c1cc(F)c(Cl)cc1F. The van der Waals surface area contributed by atoms with Crippen LogP contribution in [0.25, 0.3) is 0 Å². The van der Waals surface area contributed by atoms with E-state index in [0.717, 1.165) is 0 Å². The molecule has 21 heavy (non-hydrogen) atoms. The molecule has 0 radical (unpaired) electrons. The lowest BCUT2D eigenvalue weighted by atomic mass is 10.2. The maximum atomic E-state index is 13.9. The Labute approximate surface area is 123 Å². The van der Waals surface area contributed by atoms with Crippen LogP contribution >= 0.6 is 11.6 Å². The fourth-order valence-corrected chi connectivity index (χ4v) is 1.87. The topological polar surface area (TPSA) is 63.4 Å². The number of benzene rings is 2. The van der Waals surface area contributed by atoms with E-state index in [4.69, 9.17) is 17.3 Å². The molecule has 0 bridgehead atoms. The van der Waals surface area contributed by atoms with Gasteiger partial charge in [0.25, 0.3) is 5.91 Å². The van der Waals surface area contributed by atoms with E-state index >= 15 is 0 Å².